The van der Waals surface area contributed by atoms with Gasteiger partial charge in [-0.15, -0.1) is 0 Å². The fraction of sp³-hybridized carbons (Fsp3) is 0.444. The van der Waals surface area contributed by atoms with Crippen LogP contribution in [0.5, 0.6) is 23.0 Å². The fourth-order valence-corrected chi connectivity index (χ4v) is 5.75. The molecule has 3 rings (SSSR count). The van der Waals surface area contributed by atoms with Crippen molar-refractivity contribution >= 4 is 0 Å². The van der Waals surface area contributed by atoms with Crippen LogP contribution < -0.4 is 17.0 Å². The molecular formula is C36H50BrNO4. The lowest BCUT2D eigenvalue weighted by Gasteiger charge is -2.48. The van der Waals surface area contributed by atoms with E-state index in [0.717, 1.165) is 72.9 Å². The Morgan fingerprint density at radius 2 is 1.24 bits per heavy atom. The number of halogens is 1. The van der Waals surface area contributed by atoms with Gasteiger partial charge in [-0.3, -0.25) is 0 Å². The molecule has 0 bridgehead atoms. The quantitative estimate of drug-likeness (QED) is 0.139. The Morgan fingerprint density at radius 1 is 0.714 bits per heavy atom. The van der Waals surface area contributed by atoms with Gasteiger partial charge in [0.2, 0.25) is 0 Å². The summed E-state index contributed by atoms with van der Waals surface area (Å²) in [6, 6.07) is 8.47. The van der Waals surface area contributed by atoms with Gasteiger partial charge in [-0.05, 0) is 115 Å². The van der Waals surface area contributed by atoms with Gasteiger partial charge >= 0.3 is 0 Å². The first-order valence-electron chi connectivity index (χ1n) is 14.9. The van der Waals surface area contributed by atoms with E-state index in [9.17, 15) is 20.4 Å². The Bertz CT molecular complexity index is 1290. The number of phenolic OH excluding ortho intramolecular Hbond substituents is 4. The van der Waals surface area contributed by atoms with Crippen molar-refractivity contribution in [1.82, 2.24) is 0 Å². The van der Waals surface area contributed by atoms with Crippen LogP contribution in [0.4, 0.5) is 0 Å². The van der Waals surface area contributed by atoms with Crippen molar-refractivity contribution in [2.24, 2.45) is 0 Å². The van der Waals surface area contributed by atoms with Gasteiger partial charge in [-0.1, -0.05) is 40.5 Å². The van der Waals surface area contributed by atoms with Crippen LogP contribution in [0.1, 0.15) is 90.0 Å². The molecule has 230 valence electrons. The number of nitrogens with zero attached hydrogens (tertiary/aromatic N) is 1. The van der Waals surface area contributed by atoms with E-state index in [4.69, 9.17) is 0 Å². The molecule has 0 fully saturated rings. The van der Waals surface area contributed by atoms with Crippen LogP contribution in [0.2, 0.25) is 0 Å². The van der Waals surface area contributed by atoms with E-state index in [-0.39, 0.29) is 46.0 Å². The first kappa shape index (κ1) is 35.2. The topological polar surface area (TPSA) is 80.9 Å². The second-order valence-electron chi connectivity index (χ2n) is 12.4. The van der Waals surface area contributed by atoms with Gasteiger partial charge < -0.3 is 41.9 Å². The van der Waals surface area contributed by atoms with E-state index in [0.29, 0.717) is 6.42 Å². The number of benzene rings is 2. The number of hydrogen-bond donors (Lipinski definition) is 4. The Hall–Kier alpha value is -2.96. The van der Waals surface area contributed by atoms with Crippen molar-refractivity contribution in [2.75, 3.05) is 19.6 Å². The van der Waals surface area contributed by atoms with Crippen LogP contribution in [0.15, 0.2) is 76.9 Å². The minimum atomic E-state index is -0.133. The maximum absolute atomic E-state index is 10.6. The largest absolute Gasteiger partial charge is 1.00 e. The number of quaternary nitrogens is 1. The second-order valence-corrected chi connectivity index (χ2v) is 12.4. The Morgan fingerprint density at radius 3 is 1.76 bits per heavy atom. The van der Waals surface area contributed by atoms with Gasteiger partial charge in [0.25, 0.3) is 0 Å². The lowest BCUT2D eigenvalue weighted by molar-refractivity contribution is -0.949. The maximum Gasteiger partial charge on any atom is 0.157 e. The summed E-state index contributed by atoms with van der Waals surface area (Å²) in [5.41, 5.74) is 8.41. The Balaban J connectivity index is 0.00000616. The van der Waals surface area contributed by atoms with Crippen molar-refractivity contribution in [2.45, 2.75) is 86.1 Å². The predicted molar refractivity (Wildman–Crippen MR) is 169 cm³/mol. The summed E-state index contributed by atoms with van der Waals surface area (Å²) < 4.78 is 0.777. The molecule has 1 heterocycles. The number of fused-ring (bicyclic) bond motifs is 1. The van der Waals surface area contributed by atoms with Crippen molar-refractivity contribution in [3.8, 4) is 23.0 Å². The zero-order valence-corrected chi connectivity index (χ0v) is 27.8. The van der Waals surface area contributed by atoms with Gasteiger partial charge in [0.05, 0.1) is 19.6 Å². The Labute approximate surface area is 263 Å². The molecule has 0 radical (unpaired) electrons. The van der Waals surface area contributed by atoms with E-state index in [1.165, 1.54) is 28.4 Å². The van der Waals surface area contributed by atoms with Gasteiger partial charge in [-0.2, -0.15) is 0 Å². The normalized spacial score (nSPS) is 18.6. The smallest absolute Gasteiger partial charge is 0.157 e. The predicted octanol–water partition coefficient (Wildman–Crippen LogP) is 5.56. The molecule has 0 saturated heterocycles. The van der Waals surface area contributed by atoms with Crippen LogP contribution in [0.25, 0.3) is 0 Å². The number of hydrogen-bond acceptors (Lipinski definition) is 4. The van der Waals surface area contributed by atoms with Crippen molar-refractivity contribution in [1.29, 1.82) is 0 Å². The van der Waals surface area contributed by atoms with Gasteiger partial charge in [0, 0.05) is 18.4 Å². The Kier molecular flexibility index (Phi) is 13.5. The van der Waals surface area contributed by atoms with Gasteiger partial charge in [-0.25, -0.2) is 0 Å². The lowest BCUT2D eigenvalue weighted by atomic mass is 9.85. The van der Waals surface area contributed by atoms with Crippen molar-refractivity contribution in [3.05, 3.63) is 93.6 Å². The number of allylic oxidation sites excluding steroid dienone is 6. The summed E-state index contributed by atoms with van der Waals surface area (Å²) in [6.45, 7) is 15.5. The van der Waals surface area contributed by atoms with Crippen LogP contribution in [0.3, 0.4) is 0 Å². The highest BCUT2D eigenvalue weighted by Gasteiger charge is 2.42. The zero-order valence-electron chi connectivity index (χ0n) is 26.3. The van der Waals surface area contributed by atoms with E-state index in [1.807, 2.05) is 6.07 Å². The highest BCUT2D eigenvalue weighted by atomic mass is 79.9. The van der Waals surface area contributed by atoms with Gasteiger partial charge in [0.1, 0.15) is 6.04 Å². The third-order valence-electron chi connectivity index (χ3n) is 8.34. The molecule has 5 nitrogen and oxygen atoms in total. The fourth-order valence-electron chi connectivity index (χ4n) is 5.75. The molecule has 1 aliphatic rings. The van der Waals surface area contributed by atoms with Crippen molar-refractivity contribution < 1.29 is 41.9 Å². The average molecular weight is 641 g/mol. The van der Waals surface area contributed by atoms with Crippen LogP contribution in [0, 0.1) is 0 Å². The van der Waals surface area contributed by atoms with E-state index in [2.05, 4.69) is 65.8 Å². The molecule has 1 atom stereocenters. The summed E-state index contributed by atoms with van der Waals surface area (Å²) in [4.78, 5) is 0. The standard InChI is InChI=1S/C36H49NO4.BrH/c1-25(2)9-7-11-27(5)15-18-37(19-16-28(6)12-8-10-26(3)4)20-17-30-23-35(40)36(41)24-31(30)32(37)21-29-13-14-33(38)34(39)22-29;/h9-10,13-16,22-24,32H,7-8,11-12,17-21H2,1-6H3,(H3-,38,39,40,41);1H/b27-15+,28-16+;. The molecule has 0 amide bonds. The maximum atomic E-state index is 10.6. The third kappa shape index (κ3) is 9.81. The number of rotatable bonds is 12. The molecular weight excluding hydrogens is 590 g/mol. The summed E-state index contributed by atoms with van der Waals surface area (Å²) in [5.74, 6) is -0.458. The highest BCUT2D eigenvalue weighted by Crippen LogP contribution is 2.43. The van der Waals surface area contributed by atoms with E-state index < -0.39 is 0 Å². The van der Waals surface area contributed by atoms with Gasteiger partial charge in [0.15, 0.2) is 23.0 Å². The summed E-state index contributed by atoms with van der Waals surface area (Å²) in [6.07, 6.45) is 14.9. The minimum Gasteiger partial charge on any atom is -1.00 e. The second kappa shape index (κ2) is 16.0. The van der Waals surface area contributed by atoms with Crippen LogP contribution >= 0.6 is 0 Å². The minimum absolute atomic E-state index is 0. The third-order valence-corrected chi connectivity index (χ3v) is 8.34. The molecule has 0 saturated carbocycles. The molecule has 4 N–H and O–H groups in total. The van der Waals surface area contributed by atoms with E-state index in [1.54, 1.807) is 18.2 Å². The molecule has 0 aliphatic carbocycles. The molecule has 42 heavy (non-hydrogen) atoms. The first-order chi connectivity index (χ1) is 19.4. The molecule has 6 heteroatoms. The SMILES string of the molecule is CC(C)=CCC/C(C)=C/C[N+]1(C/C=C(\C)CCC=C(C)C)CCc2cc(O)c(O)cc2C1Cc1ccc(O)c(O)c1.[Br-]. The monoisotopic (exact) mass is 639 g/mol. The summed E-state index contributed by atoms with van der Waals surface area (Å²) in [5, 5.41) is 41.1. The first-order valence-corrected chi connectivity index (χ1v) is 14.9. The number of phenols is 4. The number of aromatic hydroxyl groups is 4. The zero-order chi connectivity index (χ0) is 30.2. The van der Waals surface area contributed by atoms with E-state index >= 15 is 0 Å². The van der Waals surface area contributed by atoms with Crippen LogP contribution in [-0.2, 0) is 12.8 Å². The molecule has 2 aromatic carbocycles. The molecule has 1 aliphatic heterocycles. The molecule has 2 aromatic rings. The van der Waals surface area contributed by atoms with Crippen LogP contribution in [-0.4, -0.2) is 44.5 Å². The molecule has 0 spiro atoms. The molecule has 0 aromatic heterocycles. The van der Waals surface area contributed by atoms with Crippen molar-refractivity contribution in [3.63, 3.8) is 0 Å². The summed E-state index contributed by atoms with van der Waals surface area (Å²) >= 11 is 0. The summed E-state index contributed by atoms with van der Waals surface area (Å²) in [7, 11) is 0. The highest BCUT2D eigenvalue weighted by molar-refractivity contribution is 5.48. The lowest BCUT2D eigenvalue weighted by Crippen LogP contribution is -3.00. The average Bonchev–Trinajstić information content (AvgIpc) is 2.90. The molecule has 1 unspecified atom stereocenters.